The van der Waals surface area contributed by atoms with Gasteiger partial charge in [0.1, 0.15) is 5.82 Å². The maximum atomic E-state index is 13.5. The molecule has 1 N–H and O–H groups in total. The lowest BCUT2D eigenvalue weighted by Gasteiger charge is -2.10. The average Bonchev–Trinajstić information content (AvgIpc) is 2.78. The van der Waals surface area contributed by atoms with Gasteiger partial charge < -0.3 is 5.32 Å². The predicted molar refractivity (Wildman–Crippen MR) is 68.0 cm³/mol. The summed E-state index contributed by atoms with van der Waals surface area (Å²) in [6, 6.07) is 5.43. The Morgan fingerprint density at radius 3 is 2.83 bits per heavy atom. The number of halogens is 1. The lowest BCUT2D eigenvalue weighted by atomic mass is 10.2. The Bertz CT molecular complexity index is 534. The van der Waals surface area contributed by atoms with E-state index in [0.29, 0.717) is 23.8 Å². The highest BCUT2D eigenvalue weighted by molar-refractivity contribution is 5.35. The Labute approximate surface area is 106 Å². The van der Waals surface area contributed by atoms with Crippen molar-refractivity contribution in [3.63, 3.8) is 0 Å². The monoisotopic (exact) mass is 248 g/mol. The molecule has 0 saturated heterocycles. The molecular weight excluding hydrogens is 231 g/mol. The third-order valence-electron chi connectivity index (χ3n) is 2.71. The van der Waals surface area contributed by atoms with E-state index in [1.807, 2.05) is 6.07 Å². The summed E-state index contributed by atoms with van der Waals surface area (Å²) in [5.74, 6) is -0.231. The van der Waals surface area contributed by atoms with Crippen LogP contribution in [0.15, 0.2) is 24.4 Å². The van der Waals surface area contributed by atoms with E-state index in [-0.39, 0.29) is 5.82 Å². The van der Waals surface area contributed by atoms with Crippen LogP contribution in [-0.4, -0.2) is 21.0 Å². The molecule has 0 bridgehead atoms. The van der Waals surface area contributed by atoms with E-state index in [2.05, 4.69) is 29.5 Å². The van der Waals surface area contributed by atoms with Crippen molar-refractivity contribution in [1.29, 1.82) is 0 Å². The van der Waals surface area contributed by atoms with E-state index in [1.54, 1.807) is 23.9 Å². The highest BCUT2D eigenvalue weighted by Gasteiger charge is 2.08. The third-order valence-corrected chi connectivity index (χ3v) is 2.71. The van der Waals surface area contributed by atoms with Crippen LogP contribution in [0.4, 0.5) is 4.39 Å². The molecule has 0 aliphatic rings. The first-order valence-electron chi connectivity index (χ1n) is 5.97. The summed E-state index contributed by atoms with van der Waals surface area (Å²) < 4.78 is 15.2. The Balaban J connectivity index is 2.27. The van der Waals surface area contributed by atoms with Gasteiger partial charge in [0.15, 0.2) is 0 Å². The SMILES string of the molecule is Cc1ccc(-n2nncc2CNC(C)C)cc1F. The molecule has 0 unspecified atom stereocenters. The number of nitrogens with zero attached hydrogens (tertiary/aromatic N) is 3. The van der Waals surface area contributed by atoms with Gasteiger partial charge in [-0.1, -0.05) is 25.1 Å². The van der Waals surface area contributed by atoms with Gasteiger partial charge in [0, 0.05) is 12.6 Å². The smallest absolute Gasteiger partial charge is 0.128 e. The topological polar surface area (TPSA) is 42.7 Å². The number of nitrogens with one attached hydrogen (secondary N) is 1. The molecule has 18 heavy (non-hydrogen) atoms. The third kappa shape index (κ3) is 2.73. The zero-order valence-corrected chi connectivity index (χ0v) is 10.8. The molecule has 0 aliphatic carbocycles. The number of hydrogen-bond acceptors (Lipinski definition) is 3. The minimum Gasteiger partial charge on any atom is -0.309 e. The molecule has 2 aromatic rings. The second-order valence-corrected chi connectivity index (χ2v) is 4.61. The van der Waals surface area contributed by atoms with E-state index in [1.165, 1.54) is 6.07 Å². The van der Waals surface area contributed by atoms with Crippen molar-refractivity contribution in [2.24, 2.45) is 0 Å². The van der Waals surface area contributed by atoms with Crippen molar-refractivity contribution in [2.75, 3.05) is 0 Å². The fourth-order valence-corrected chi connectivity index (χ4v) is 1.62. The van der Waals surface area contributed by atoms with Crippen LogP contribution >= 0.6 is 0 Å². The molecule has 2 rings (SSSR count). The van der Waals surface area contributed by atoms with Crippen molar-refractivity contribution in [3.05, 3.63) is 41.5 Å². The molecule has 0 amide bonds. The summed E-state index contributed by atoms with van der Waals surface area (Å²) in [5, 5.41) is 11.2. The normalized spacial score (nSPS) is 11.2. The van der Waals surface area contributed by atoms with Gasteiger partial charge in [0.25, 0.3) is 0 Å². The Kier molecular flexibility index (Phi) is 3.72. The van der Waals surface area contributed by atoms with Crippen LogP contribution in [0.25, 0.3) is 5.69 Å². The molecule has 0 radical (unpaired) electrons. The number of hydrogen-bond donors (Lipinski definition) is 1. The second kappa shape index (κ2) is 5.27. The van der Waals surface area contributed by atoms with Gasteiger partial charge in [-0.15, -0.1) is 5.10 Å². The van der Waals surface area contributed by atoms with Crippen LogP contribution in [0, 0.1) is 12.7 Å². The van der Waals surface area contributed by atoms with Crippen LogP contribution in [0.1, 0.15) is 25.1 Å². The lowest BCUT2D eigenvalue weighted by molar-refractivity contribution is 0.568. The fraction of sp³-hybridized carbons (Fsp3) is 0.385. The molecule has 0 fully saturated rings. The molecule has 5 heteroatoms. The van der Waals surface area contributed by atoms with Gasteiger partial charge in [-0.3, -0.25) is 0 Å². The first-order chi connectivity index (χ1) is 8.58. The summed E-state index contributed by atoms with van der Waals surface area (Å²) in [6.45, 7) is 6.53. The van der Waals surface area contributed by atoms with E-state index in [0.717, 1.165) is 5.69 Å². The molecular formula is C13H17FN4. The molecule has 0 aliphatic heterocycles. The van der Waals surface area contributed by atoms with E-state index < -0.39 is 0 Å². The van der Waals surface area contributed by atoms with Crippen molar-refractivity contribution in [3.8, 4) is 5.69 Å². The van der Waals surface area contributed by atoms with Gasteiger partial charge in [-0.25, -0.2) is 9.07 Å². The van der Waals surface area contributed by atoms with Gasteiger partial charge in [0.05, 0.1) is 17.6 Å². The van der Waals surface area contributed by atoms with Crippen LogP contribution < -0.4 is 5.32 Å². The first-order valence-corrected chi connectivity index (χ1v) is 5.97. The highest BCUT2D eigenvalue weighted by Crippen LogP contribution is 2.14. The summed E-state index contributed by atoms with van der Waals surface area (Å²) in [5.41, 5.74) is 2.23. The highest BCUT2D eigenvalue weighted by atomic mass is 19.1. The number of rotatable bonds is 4. The molecule has 1 aromatic heterocycles. The average molecular weight is 248 g/mol. The van der Waals surface area contributed by atoms with Crippen LogP contribution in [-0.2, 0) is 6.54 Å². The lowest BCUT2D eigenvalue weighted by Crippen LogP contribution is -2.23. The van der Waals surface area contributed by atoms with Gasteiger partial charge in [-0.2, -0.15) is 0 Å². The Morgan fingerprint density at radius 1 is 1.39 bits per heavy atom. The van der Waals surface area contributed by atoms with Gasteiger partial charge in [0.2, 0.25) is 0 Å². The first kappa shape index (κ1) is 12.7. The molecule has 96 valence electrons. The number of benzene rings is 1. The number of aromatic nitrogens is 3. The van der Waals surface area contributed by atoms with Crippen molar-refractivity contribution in [2.45, 2.75) is 33.4 Å². The predicted octanol–water partition coefficient (Wildman–Crippen LogP) is 2.21. The van der Waals surface area contributed by atoms with E-state index in [4.69, 9.17) is 0 Å². The summed E-state index contributed by atoms with van der Waals surface area (Å²) in [7, 11) is 0. The van der Waals surface area contributed by atoms with Crippen molar-refractivity contribution in [1.82, 2.24) is 20.3 Å². The molecule has 0 atom stereocenters. The zero-order valence-electron chi connectivity index (χ0n) is 10.8. The van der Waals surface area contributed by atoms with Crippen molar-refractivity contribution >= 4 is 0 Å². The largest absolute Gasteiger partial charge is 0.309 e. The minimum atomic E-state index is -0.231. The summed E-state index contributed by atoms with van der Waals surface area (Å²) >= 11 is 0. The quantitative estimate of drug-likeness (QED) is 0.902. The minimum absolute atomic E-state index is 0.231. The standard InChI is InChI=1S/C13H17FN4/c1-9(2)15-7-12-8-16-17-18(12)11-5-4-10(3)13(14)6-11/h4-6,8-9,15H,7H2,1-3H3. The molecule has 0 spiro atoms. The number of aryl methyl sites for hydroxylation is 1. The fourth-order valence-electron chi connectivity index (χ4n) is 1.62. The maximum Gasteiger partial charge on any atom is 0.128 e. The van der Waals surface area contributed by atoms with Gasteiger partial charge in [-0.05, 0) is 24.6 Å². The Morgan fingerprint density at radius 2 is 2.17 bits per heavy atom. The molecule has 0 saturated carbocycles. The summed E-state index contributed by atoms with van der Waals surface area (Å²) in [6.07, 6.45) is 1.69. The molecule has 4 nitrogen and oxygen atoms in total. The van der Waals surface area contributed by atoms with Crippen LogP contribution in [0.2, 0.25) is 0 Å². The molecule has 1 aromatic carbocycles. The van der Waals surface area contributed by atoms with E-state index >= 15 is 0 Å². The van der Waals surface area contributed by atoms with Gasteiger partial charge >= 0.3 is 0 Å². The van der Waals surface area contributed by atoms with E-state index in [9.17, 15) is 4.39 Å². The Hall–Kier alpha value is -1.75. The van der Waals surface area contributed by atoms with Crippen molar-refractivity contribution < 1.29 is 4.39 Å². The molecule has 1 heterocycles. The summed E-state index contributed by atoms with van der Waals surface area (Å²) in [4.78, 5) is 0. The van der Waals surface area contributed by atoms with Crippen LogP contribution in [0.3, 0.4) is 0 Å². The second-order valence-electron chi connectivity index (χ2n) is 4.61. The van der Waals surface area contributed by atoms with Crippen LogP contribution in [0.5, 0.6) is 0 Å². The zero-order chi connectivity index (χ0) is 13.1. The maximum absolute atomic E-state index is 13.5.